The van der Waals surface area contributed by atoms with E-state index in [2.05, 4.69) is 5.32 Å². The second kappa shape index (κ2) is 12.3. The maximum absolute atomic E-state index is 13.9. The molecule has 0 aromatic heterocycles. The number of carbonyl (C=O) groups is 2. The van der Waals surface area contributed by atoms with E-state index in [0.717, 1.165) is 21.0 Å². The molecule has 0 fully saturated rings. The maximum atomic E-state index is 13.9. The molecule has 0 saturated heterocycles. The molecule has 2 amide bonds. The van der Waals surface area contributed by atoms with E-state index in [1.165, 1.54) is 30.1 Å². The molecule has 0 radical (unpaired) electrons. The zero-order valence-electron chi connectivity index (χ0n) is 21.4. The number of rotatable bonds is 10. The number of halogens is 1. The Morgan fingerprint density at radius 2 is 1.62 bits per heavy atom. The van der Waals surface area contributed by atoms with Gasteiger partial charge in [-0.15, -0.1) is 0 Å². The van der Waals surface area contributed by atoms with Crippen LogP contribution in [0.1, 0.15) is 30.0 Å². The van der Waals surface area contributed by atoms with Crippen LogP contribution in [0.3, 0.4) is 0 Å². The Morgan fingerprint density at radius 3 is 2.22 bits per heavy atom. The molecule has 0 unspecified atom stereocenters. The molecule has 0 heterocycles. The molecule has 3 aromatic carbocycles. The maximum Gasteiger partial charge on any atom is 0.264 e. The van der Waals surface area contributed by atoms with E-state index in [-0.39, 0.29) is 23.0 Å². The van der Waals surface area contributed by atoms with Crippen LogP contribution >= 0.6 is 11.6 Å². The summed E-state index contributed by atoms with van der Waals surface area (Å²) < 4.78 is 28.6. The van der Waals surface area contributed by atoms with Crippen molar-refractivity contribution in [3.05, 3.63) is 94.5 Å². The molecule has 9 heteroatoms. The van der Waals surface area contributed by atoms with Gasteiger partial charge in [0.15, 0.2) is 0 Å². The fraction of sp³-hybridized carbons (Fsp3) is 0.286. The molecule has 0 bridgehead atoms. The van der Waals surface area contributed by atoms with Gasteiger partial charge in [0.1, 0.15) is 12.6 Å². The summed E-state index contributed by atoms with van der Waals surface area (Å²) >= 11 is 6.19. The van der Waals surface area contributed by atoms with Crippen LogP contribution in [0, 0.1) is 13.8 Å². The lowest BCUT2D eigenvalue weighted by molar-refractivity contribution is -0.140. The number of anilines is 1. The number of benzene rings is 3. The summed E-state index contributed by atoms with van der Waals surface area (Å²) in [6.07, 6.45) is 0.360. The van der Waals surface area contributed by atoms with Crippen LogP contribution in [0.2, 0.25) is 5.02 Å². The number of nitrogens with one attached hydrogen (secondary N) is 1. The van der Waals surface area contributed by atoms with Gasteiger partial charge in [0, 0.05) is 18.6 Å². The Kier molecular flexibility index (Phi) is 9.34. The Balaban J connectivity index is 2.06. The topological polar surface area (TPSA) is 86.8 Å². The number of carbonyl (C=O) groups excluding carboxylic acids is 2. The average Bonchev–Trinajstić information content (AvgIpc) is 2.87. The molecule has 0 aliphatic heterocycles. The predicted octanol–water partition coefficient (Wildman–Crippen LogP) is 4.71. The van der Waals surface area contributed by atoms with Gasteiger partial charge in [0.05, 0.1) is 10.6 Å². The minimum Gasteiger partial charge on any atom is -0.357 e. The van der Waals surface area contributed by atoms with Crippen molar-refractivity contribution in [1.82, 2.24) is 10.2 Å². The third-order valence-electron chi connectivity index (χ3n) is 6.05. The summed E-state index contributed by atoms with van der Waals surface area (Å²) in [5, 5.41) is 2.96. The number of likely N-dealkylation sites (N-methyl/N-ethyl adjacent to an activating group) is 1. The highest BCUT2D eigenvalue weighted by atomic mass is 35.5. The van der Waals surface area contributed by atoms with Crippen LogP contribution in [-0.4, -0.2) is 44.8 Å². The fourth-order valence-electron chi connectivity index (χ4n) is 4.09. The zero-order chi connectivity index (χ0) is 27.2. The molecule has 1 atom stereocenters. The Hall–Kier alpha value is -3.36. The smallest absolute Gasteiger partial charge is 0.264 e. The lowest BCUT2D eigenvalue weighted by Gasteiger charge is -2.33. The SMILES string of the molecule is CC[C@@H](C(=O)NC)N(Cc1cccc(C)c1)C(=O)CN(c1cccc(Cl)c1)S(=O)(=O)c1ccc(C)cc1. The molecule has 0 aliphatic carbocycles. The molecule has 0 saturated carbocycles. The van der Waals surface area contributed by atoms with Gasteiger partial charge >= 0.3 is 0 Å². The first-order valence-corrected chi connectivity index (χ1v) is 13.8. The fourth-order valence-corrected chi connectivity index (χ4v) is 5.68. The zero-order valence-corrected chi connectivity index (χ0v) is 23.0. The summed E-state index contributed by atoms with van der Waals surface area (Å²) in [5.41, 5.74) is 3.02. The molecule has 196 valence electrons. The van der Waals surface area contributed by atoms with Crippen molar-refractivity contribution in [3.8, 4) is 0 Å². The second-order valence-corrected chi connectivity index (χ2v) is 11.2. The number of hydrogen-bond donors (Lipinski definition) is 1. The standard InChI is InChI=1S/C28H32ClN3O4S/c1-5-26(28(34)30-4)31(18-22-9-6-8-21(3)16-22)27(33)19-32(24-11-7-10-23(29)17-24)37(35,36)25-14-12-20(2)13-15-25/h6-17,26H,5,18-19H2,1-4H3,(H,30,34)/t26-/m0/s1. The second-order valence-electron chi connectivity index (χ2n) is 8.85. The molecule has 3 aromatic rings. The number of nitrogens with zero attached hydrogens (tertiary/aromatic N) is 2. The van der Waals surface area contributed by atoms with E-state index in [9.17, 15) is 18.0 Å². The van der Waals surface area contributed by atoms with E-state index < -0.39 is 28.5 Å². The van der Waals surface area contributed by atoms with Crippen molar-refractivity contribution >= 4 is 39.1 Å². The first kappa shape index (κ1) is 28.2. The number of hydrogen-bond acceptors (Lipinski definition) is 4. The largest absolute Gasteiger partial charge is 0.357 e. The van der Waals surface area contributed by atoms with Gasteiger partial charge in [-0.3, -0.25) is 13.9 Å². The minimum atomic E-state index is -4.13. The molecule has 0 aliphatic rings. The van der Waals surface area contributed by atoms with Gasteiger partial charge in [-0.25, -0.2) is 8.42 Å². The third kappa shape index (κ3) is 6.90. The van der Waals surface area contributed by atoms with Crippen LogP contribution in [0.5, 0.6) is 0 Å². The normalized spacial score (nSPS) is 12.0. The summed E-state index contributed by atoms with van der Waals surface area (Å²) in [5.74, 6) is -0.827. The van der Waals surface area contributed by atoms with Gasteiger partial charge in [0.25, 0.3) is 10.0 Å². The Bertz CT molecular complexity index is 1360. The lowest BCUT2D eigenvalue weighted by Crippen LogP contribution is -2.51. The van der Waals surface area contributed by atoms with Gasteiger partial charge < -0.3 is 10.2 Å². The van der Waals surface area contributed by atoms with Crippen molar-refractivity contribution in [2.75, 3.05) is 17.9 Å². The molecule has 0 spiro atoms. The van der Waals surface area contributed by atoms with Crippen LogP contribution in [-0.2, 0) is 26.2 Å². The molecular weight excluding hydrogens is 510 g/mol. The monoisotopic (exact) mass is 541 g/mol. The van der Waals surface area contributed by atoms with Crippen molar-refractivity contribution in [2.45, 2.75) is 44.7 Å². The first-order valence-electron chi connectivity index (χ1n) is 12.0. The van der Waals surface area contributed by atoms with Crippen LogP contribution in [0.4, 0.5) is 5.69 Å². The van der Waals surface area contributed by atoms with Crippen molar-refractivity contribution in [1.29, 1.82) is 0 Å². The highest BCUT2D eigenvalue weighted by molar-refractivity contribution is 7.92. The number of sulfonamides is 1. The van der Waals surface area contributed by atoms with Gasteiger partial charge in [-0.2, -0.15) is 0 Å². The molecule has 3 rings (SSSR count). The van der Waals surface area contributed by atoms with E-state index in [4.69, 9.17) is 11.6 Å². The quantitative estimate of drug-likeness (QED) is 0.403. The summed E-state index contributed by atoms with van der Waals surface area (Å²) in [7, 11) is -2.61. The van der Waals surface area contributed by atoms with E-state index in [0.29, 0.717) is 11.4 Å². The van der Waals surface area contributed by atoms with Crippen LogP contribution in [0.25, 0.3) is 0 Å². The molecule has 37 heavy (non-hydrogen) atoms. The average molecular weight is 542 g/mol. The highest BCUT2D eigenvalue weighted by Gasteiger charge is 2.33. The van der Waals surface area contributed by atoms with Gasteiger partial charge in [-0.05, 0) is 56.2 Å². The van der Waals surface area contributed by atoms with E-state index >= 15 is 0 Å². The van der Waals surface area contributed by atoms with Crippen molar-refractivity contribution < 1.29 is 18.0 Å². The molecular formula is C28H32ClN3O4S. The predicted molar refractivity (Wildman–Crippen MR) is 147 cm³/mol. The van der Waals surface area contributed by atoms with E-state index in [1.54, 1.807) is 30.3 Å². The van der Waals surface area contributed by atoms with Crippen LogP contribution < -0.4 is 9.62 Å². The van der Waals surface area contributed by atoms with E-state index in [1.807, 2.05) is 45.0 Å². The summed E-state index contributed by atoms with van der Waals surface area (Å²) in [6, 6.07) is 19.6. The van der Waals surface area contributed by atoms with Crippen molar-refractivity contribution in [2.24, 2.45) is 0 Å². The molecule has 1 N–H and O–H groups in total. The van der Waals surface area contributed by atoms with Crippen LogP contribution in [0.15, 0.2) is 77.7 Å². The molecule has 7 nitrogen and oxygen atoms in total. The van der Waals surface area contributed by atoms with Gasteiger partial charge in [-0.1, -0.05) is 72.1 Å². The number of amides is 2. The lowest BCUT2D eigenvalue weighted by atomic mass is 10.1. The number of aryl methyl sites for hydroxylation is 2. The Labute approximate surface area is 224 Å². The first-order chi connectivity index (χ1) is 17.6. The van der Waals surface area contributed by atoms with Crippen molar-refractivity contribution in [3.63, 3.8) is 0 Å². The summed E-state index contributed by atoms with van der Waals surface area (Å²) in [6.45, 7) is 5.27. The Morgan fingerprint density at radius 1 is 0.946 bits per heavy atom. The highest BCUT2D eigenvalue weighted by Crippen LogP contribution is 2.27. The minimum absolute atomic E-state index is 0.0504. The summed E-state index contributed by atoms with van der Waals surface area (Å²) in [4.78, 5) is 28.1. The van der Waals surface area contributed by atoms with Gasteiger partial charge in [0.2, 0.25) is 11.8 Å². The third-order valence-corrected chi connectivity index (χ3v) is 8.07.